The monoisotopic (exact) mass is 341 g/mol. The molecule has 0 radical (unpaired) electrons. The fraction of sp³-hybridized carbons (Fsp3) is 0.300. The van der Waals surface area contributed by atoms with E-state index in [9.17, 15) is 9.59 Å². The Morgan fingerprint density at radius 3 is 2.36 bits per heavy atom. The summed E-state index contributed by atoms with van der Waals surface area (Å²) in [5.41, 5.74) is 1.58. The Labute approximate surface area is 147 Å². The smallest absolute Gasteiger partial charge is 0.303 e. The van der Waals surface area contributed by atoms with Crippen molar-refractivity contribution in [2.75, 3.05) is 6.61 Å². The second-order valence-electron chi connectivity index (χ2n) is 5.75. The molecule has 1 amide bonds. The molecule has 0 aliphatic heterocycles. The van der Waals surface area contributed by atoms with E-state index in [4.69, 9.17) is 9.84 Å². The van der Waals surface area contributed by atoms with Gasteiger partial charge in [-0.05, 0) is 49.6 Å². The third-order valence-corrected chi connectivity index (χ3v) is 3.79. The quantitative estimate of drug-likeness (QED) is 0.734. The molecule has 0 aliphatic carbocycles. The number of hydrogen-bond donors (Lipinski definition) is 2. The number of amides is 1. The number of carbonyl (C=O) groups is 2. The van der Waals surface area contributed by atoms with E-state index in [0.717, 1.165) is 5.56 Å². The average Bonchev–Trinajstić information content (AvgIpc) is 2.61. The van der Waals surface area contributed by atoms with E-state index in [0.29, 0.717) is 30.8 Å². The molecule has 0 heterocycles. The molecule has 5 heteroatoms. The zero-order valence-corrected chi connectivity index (χ0v) is 14.3. The van der Waals surface area contributed by atoms with Gasteiger partial charge in [-0.3, -0.25) is 9.59 Å². The van der Waals surface area contributed by atoms with Gasteiger partial charge in [-0.15, -0.1) is 0 Å². The van der Waals surface area contributed by atoms with Gasteiger partial charge in [0.05, 0.1) is 6.61 Å². The molecule has 0 aromatic heterocycles. The molecule has 0 aliphatic rings. The average molecular weight is 341 g/mol. The number of hydrogen-bond acceptors (Lipinski definition) is 3. The minimum Gasteiger partial charge on any atom is -0.494 e. The van der Waals surface area contributed by atoms with E-state index in [2.05, 4.69) is 5.32 Å². The topological polar surface area (TPSA) is 75.6 Å². The van der Waals surface area contributed by atoms with Crippen molar-refractivity contribution in [2.45, 2.75) is 32.2 Å². The van der Waals surface area contributed by atoms with E-state index in [1.807, 2.05) is 37.3 Å². The highest BCUT2D eigenvalue weighted by molar-refractivity contribution is 5.94. The lowest BCUT2D eigenvalue weighted by atomic mass is 10.0. The largest absolute Gasteiger partial charge is 0.494 e. The molecule has 2 aromatic carbocycles. The van der Waals surface area contributed by atoms with Gasteiger partial charge in [0, 0.05) is 18.0 Å². The number of benzene rings is 2. The third-order valence-electron chi connectivity index (χ3n) is 3.79. The summed E-state index contributed by atoms with van der Waals surface area (Å²) in [5, 5.41) is 11.9. The van der Waals surface area contributed by atoms with Gasteiger partial charge in [0.15, 0.2) is 0 Å². The summed E-state index contributed by atoms with van der Waals surface area (Å²) in [4.78, 5) is 23.3. The fourth-order valence-electron chi connectivity index (χ4n) is 2.56. The zero-order valence-electron chi connectivity index (χ0n) is 14.3. The van der Waals surface area contributed by atoms with Crippen molar-refractivity contribution in [3.8, 4) is 5.75 Å². The highest BCUT2D eigenvalue weighted by atomic mass is 16.5. The Morgan fingerprint density at radius 1 is 1.08 bits per heavy atom. The van der Waals surface area contributed by atoms with Gasteiger partial charge in [0.25, 0.3) is 5.91 Å². The lowest BCUT2D eigenvalue weighted by Gasteiger charge is -2.18. The third kappa shape index (κ3) is 6.30. The van der Waals surface area contributed by atoms with E-state index >= 15 is 0 Å². The van der Waals surface area contributed by atoms with Crippen molar-refractivity contribution in [3.63, 3.8) is 0 Å². The summed E-state index contributed by atoms with van der Waals surface area (Å²) < 4.78 is 5.37. The first-order valence-electron chi connectivity index (χ1n) is 8.38. The predicted octanol–water partition coefficient (Wildman–Crippen LogP) is 3.29. The lowest BCUT2D eigenvalue weighted by molar-refractivity contribution is -0.137. The molecular weight excluding hydrogens is 318 g/mol. The first-order valence-corrected chi connectivity index (χ1v) is 8.38. The maximum absolute atomic E-state index is 12.5. The van der Waals surface area contributed by atoms with E-state index < -0.39 is 5.97 Å². The Bertz CT molecular complexity index is 683. The Balaban J connectivity index is 2.03. The van der Waals surface area contributed by atoms with Crippen molar-refractivity contribution in [2.24, 2.45) is 0 Å². The van der Waals surface area contributed by atoms with Crippen LogP contribution in [0.25, 0.3) is 0 Å². The lowest BCUT2D eigenvalue weighted by Crippen LogP contribution is -2.36. The normalized spacial score (nSPS) is 11.6. The van der Waals surface area contributed by atoms with Crippen LogP contribution in [0.2, 0.25) is 0 Å². The van der Waals surface area contributed by atoms with Crippen molar-refractivity contribution in [1.29, 1.82) is 0 Å². The van der Waals surface area contributed by atoms with Gasteiger partial charge in [-0.1, -0.05) is 30.3 Å². The molecule has 1 unspecified atom stereocenters. The summed E-state index contributed by atoms with van der Waals surface area (Å²) in [6, 6.07) is 16.4. The minimum absolute atomic E-state index is 0.0149. The summed E-state index contributed by atoms with van der Waals surface area (Å²) in [6.07, 6.45) is 0.991. The van der Waals surface area contributed by atoms with E-state index in [1.165, 1.54) is 0 Å². The first-order chi connectivity index (χ1) is 12.1. The van der Waals surface area contributed by atoms with Gasteiger partial charge in [0.1, 0.15) is 5.75 Å². The molecule has 132 valence electrons. The van der Waals surface area contributed by atoms with Crippen molar-refractivity contribution >= 4 is 11.9 Å². The van der Waals surface area contributed by atoms with Crippen LogP contribution in [0.5, 0.6) is 5.75 Å². The Morgan fingerprint density at radius 2 is 1.76 bits per heavy atom. The highest BCUT2D eigenvalue weighted by Crippen LogP contribution is 2.13. The number of carboxylic acid groups (broad SMARTS) is 1. The van der Waals surface area contributed by atoms with Crippen LogP contribution >= 0.6 is 0 Å². The van der Waals surface area contributed by atoms with Gasteiger partial charge in [0.2, 0.25) is 0 Å². The van der Waals surface area contributed by atoms with Crippen LogP contribution < -0.4 is 10.1 Å². The van der Waals surface area contributed by atoms with Crippen LogP contribution in [-0.4, -0.2) is 29.6 Å². The molecule has 5 nitrogen and oxygen atoms in total. The standard InChI is InChI=1S/C20H23NO4/c1-2-25-18-11-8-16(9-12-18)20(24)21-17(10-13-19(22)23)14-15-6-4-3-5-7-15/h3-9,11-12,17H,2,10,13-14H2,1H3,(H,21,24)(H,22,23). The summed E-state index contributed by atoms with van der Waals surface area (Å²) >= 11 is 0. The maximum Gasteiger partial charge on any atom is 0.303 e. The summed E-state index contributed by atoms with van der Waals surface area (Å²) in [5.74, 6) is -0.367. The fourth-order valence-corrected chi connectivity index (χ4v) is 2.56. The molecule has 2 N–H and O–H groups in total. The zero-order chi connectivity index (χ0) is 18.1. The number of rotatable bonds is 9. The Kier molecular flexibility index (Phi) is 7.01. The first kappa shape index (κ1) is 18.5. The molecule has 1 atom stereocenters. The molecule has 0 fully saturated rings. The maximum atomic E-state index is 12.5. The van der Waals surface area contributed by atoms with Gasteiger partial charge >= 0.3 is 5.97 Å². The number of aliphatic carboxylic acids is 1. The molecule has 0 spiro atoms. The van der Waals surface area contributed by atoms with E-state index in [1.54, 1.807) is 24.3 Å². The van der Waals surface area contributed by atoms with Crippen molar-refractivity contribution in [3.05, 3.63) is 65.7 Å². The van der Waals surface area contributed by atoms with Gasteiger partial charge in [-0.2, -0.15) is 0 Å². The van der Waals surface area contributed by atoms with Crippen LogP contribution in [0.15, 0.2) is 54.6 Å². The van der Waals surface area contributed by atoms with Crippen LogP contribution in [0, 0.1) is 0 Å². The molecule has 0 bridgehead atoms. The van der Waals surface area contributed by atoms with E-state index in [-0.39, 0.29) is 18.4 Å². The van der Waals surface area contributed by atoms with Gasteiger partial charge < -0.3 is 15.2 Å². The second kappa shape index (κ2) is 9.47. The van der Waals surface area contributed by atoms with Crippen LogP contribution in [0.3, 0.4) is 0 Å². The molecule has 0 saturated carbocycles. The number of ether oxygens (including phenoxy) is 1. The molecular formula is C20H23NO4. The minimum atomic E-state index is -0.867. The summed E-state index contributed by atoms with van der Waals surface area (Å²) in [7, 11) is 0. The number of carbonyl (C=O) groups excluding carboxylic acids is 1. The summed E-state index contributed by atoms with van der Waals surface area (Å²) in [6.45, 7) is 2.47. The van der Waals surface area contributed by atoms with Crippen LogP contribution in [-0.2, 0) is 11.2 Å². The van der Waals surface area contributed by atoms with Crippen molar-refractivity contribution < 1.29 is 19.4 Å². The molecule has 25 heavy (non-hydrogen) atoms. The van der Waals surface area contributed by atoms with Crippen molar-refractivity contribution in [1.82, 2.24) is 5.32 Å². The predicted molar refractivity (Wildman–Crippen MR) is 95.9 cm³/mol. The number of nitrogens with one attached hydrogen (secondary N) is 1. The van der Waals surface area contributed by atoms with Crippen LogP contribution in [0.4, 0.5) is 0 Å². The van der Waals surface area contributed by atoms with Gasteiger partial charge in [-0.25, -0.2) is 0 Å². The highest BCUT2D eigenvalue weighted by Gasteiger charge is 2.16. The molecule has 2 aromatic rings. The second-order valence-corrected chi connectivity index (χ2v) is 5.75. The number of carboxylic acids is 1. The molecule has 2 rings (SSSR count). The Hall–Kier alpha value is -2.82. The SMILES string of the molecule is CCOc1ccc(C(=O)NC(CCC(=O)O)Cc2ccccc2)cc1. The molecule has 0 saturated heterocycles. The van der Waals surface area contributed by atoms with Crippen LogP contribution in [0.1, 0.15) is 35.7 Å².